The van der Waals surface area contributed by atoms with Crippen molar-refractivity contribution in [2.45, 2.75) is 44.6 Å². The number of rotatable bonds is 6. The summed E-state index contributed by atoms with van der Waals surface area (Å²) in [6.07, 6.45) is 6.99. The third kappa shape index (κ3) is 3.71. The van der Waals surface area contributed by atoms with Crippen LogP contribution in [0.3, 0.4) is 0 Å². The summed E-state index contributed by atoms with van der Waals surface area (Å²) in [6.45, 7) is 1.59. The Kier molecular flexibility index (Phi) is 4.21. The van der Waals surface area contributed by atoms with E-state index in [1.807, 2.05) is 0 Å². The number of sulfonamides is 1. The molecule has 2 N–H and O–H groups in total. The highest BCUT2D eigenvalue weighted by atomic mass is 32.2. The minimum atomic E-state index is -3.06. The van der Waals surface area contributed by atoms with Gasteiger partial charge in [0.05, 0.1) is 5.75 Å². The van der Waals surface area contributed by atoms with Crippen LogP contribution in [0.4, 0.5) is 0 Å². The van der Waals surface area contributed by atoms with Gasteiger partial charge in [0.2, 0.25) is 10.0 Å². The maximum atomic E-state index is 11.7. The molecule has 0 spiro atoms. The van der Waals surface area contributed by atoms with Crippen molar-refractivity contribution in [1.29, 1.82) is 0 Å². The standard InChI is InChI=1S/C11H22N2O2S/c14-16(15,9-11-5-2-7-12-11)13-8-6-10-3-1-4-10/h10-13H,1-9H2. The van der Waals surface area contributed by atoms with Gasteiger partial charge in [-0.1, -0.05) is 19.3 Å². The van der Waals surface area contributed by atoms with Gasteiger partial charge in [0, 0.05) is 12.6 Å². The predicted molar refractivity (Wildman–Crippen MR) is 64.8 cm³/mol. The molecule has 2 rings (SSSR count). The van der Waals surface area contributed by atoms with Crippen LogP contribution in [-0.4, -0.2) is 33.3 Å². The molecule has 1 heterocycles. The van der Waals surface area contributed by atoms with Gasteiger partial charge in [-0.25, -0.2) is 13.1 Å². The van der Waals surface area contributed by atoms with Gasteiger partial charge >= 0.3 is 0 Å². The van der Waals surface area contributed by atoms with E-state index in [0.29, 0.717) is 6.54 Å². The van der Waals surface area contributed by atoms with E-state index in [4.69, 9.17) is 0 Å². The average molecular weight is 246 g/mol. The molecule has 0 aromatic heterocycles. The molecule has 94 valence electrons. The molecule has 2 fully saturated rings. The Balaban J connectivity index is 1.65. The van der Waals surface area contributed by atoms with Gasteiger partial charge in [-0.05, 0) is 31.7 Å². The molecular formula is C11H22N2O2S. The Hall–Kier alpha value is -0.130. The lowest BCUT2D eigenvalue weighted by Gasteiger charge is -2.25. The van der Waals surface area contributed by atoms with Gasteiger partial charge in [0.15, 0.2) is 0 Å². The second-order valence-electron chi connectivity index (χ2n) is 5.05. The summed E-state index contributed by atoms with van der Waals surface area (Å²) in [7, 11) is -3.06. The van der Waals surface area contributed by atoms with E-state index in [-0.39, 0.29) is 11.8 Å². The first-order chi connectivity index (χ1) is 7.66. The Morgan fingerprint density at radius 2 is 2.00 bits per heavy atom. The molecule has 1 saturated heterocycles. The van der Waals surface area contributed by atoms with E-state index in [1.54, 1.807) is 0 Å². The third-order valence-corrected chi connectivity index (χ3v) is 5.17. The zero-order valence-electron chi connectivity index (χ0n) is 9.74. The van der Waals surface area contributed by atoms with E-state index in [0.717, 1.165) is 31.7 Å². The highest BCUT2D eigenvalue weighted by Crippen LogP contribution is 2.28. The Bertz CT molecular complexity index is 306. The minimum Gasteiger partial charge on any atom is -0.313 e. The highest BCUT2D eigenvalue weighted by Gasteiger charge is 2.22. The molecule has 0 aromatic rings. The summed E-state index contributed by atoms with van der Waals surface area (Å²) in [6, 6.07) is 0.168. The lowest BCUT2D eigenvalue weighted by molar-refractivity contribution is 0.297. The zero-order chi connectivity index (χ0) is 11.4. The fourth-order valence-electron chi connectivity index (χ4n) is 2.42. The summed E-state index contributed by atoms with van der Waals surface area (Å²) < 4.78 is 26.2. The molecule has 0 aromatic carbocycles. The average Bonchev–Trinajstić information content (AvgIpc) is 2.61. The quantitative estimate of drug-likeness (QED) is 0.730. The summed E-state index contributed by atoms with van der Waals surface area (Å²) in [4.78, 5) is 0. The first-order valence-electron chi connectivity index (χ1n) is 6.36. The first-order valence-corrected chi connectivity index (χ1v) is 8.02. The van der Waals surface area contributed by atoms with Crippen LogP contribution in [0.15, 0.2) is 0 Å². The van der Waals surface area contributed by atoms with Crippen molar-refractivity contribution in [3.05, 3.63) is 0 Å². The molecule has 0 radical (unpaired) electrons. The Labute approximate surface area is 98.2 Å². The molecule has 5 heteroatoms. The lowest BCUT2D eigenvalue weighted by atomic mass is 9.83. The summed E-state index contributed by atoms with van der Waals surface area (Å²) >= 11 is 0. The van der Waals surface area contributed by atoms with E-state index in [1.165, 1.54) is 19.3 Å². The summed E-state index contributed by atoms with van der Waals surface area (Å²) in [5.74, 6) is 1.02. The normalized spacial score (nSPS) is 26.9. The van der Waals surface area contributed by atoms with Crippen LogP contribution in [0.2, 0.25) is 0 Å². The molecule has 2 aliphatic rings. The highest BCUT2D eigenvalue weighted by molar-refractivity contribution is 7.89. The van der Waals surface area contributed by atoms with Crippen LogP contribution >= 0.6 is 0 Å². The molecule has 1 aliphatic carbocycles. The van der Waals surface area contributed by atoms with Gasteiger partial charge in [0.25, 0.3) is 0 Å². The smallest absolute Gasteiger partial charge is 0.213 e. The van der Waals surface area contributed by atoms with Crippen molar-refractivity contribution in [3.63, 3.8) is 0 Å². The molecule has 0 amide bonds. The van der Waals surface area contributed by atoms with E-state index >= 15 is 0 Å². The molecule has 1 aliphatic heterocycles. The van der Waals surface area contributed by atoms with Crippen molar-refractivity contribution >= 4 is 10.0 Å². The van der Waals surface area contributed by atoms with E-state index in [9.17, 15) is 8.42 Å². The van der Waals surface area contributed by atoms with E-state index < -0.39 is 10.0 Å². The molecule has 4 nitrogen and oxygen atoms in total. The topological polar surface area (TPSA) is 58.2 Å². The van der Waals surface area contributed by atoms with E-state index in [2.05, 4.69) is 10.0 Å². The van der Waals surface area contributed by atoms with Gasteiger partial charge in [-0.3, -0.25) is 0 Å². The van der Waals surface area contributed by atoms with Crippen LogP contribution in [0.5, 0.6) is 0 Å². The number of hydrogen-bond donors (Lipinski definition) is 2. The second-order valence-corrected chi connectivity index (χ2v) is 6.91. The predicted octanol–water partition coefficient (Wildman–Crippen LogP) is 0.848. The van der Waals surface area contributed by atoms with Crippen LogP contribution in [0.1, 0.15) is 38.5 Å². The van der Waals surface area contributed by atoms with Crippen molar-refractivity contribution in [2.24, 2.45) is 5.92 Å². The monoisotopic (exact) mass is 246 g/mol. The minimum absolute atomic E-state index is 0.168. The first kappa shape index (κ1) is 12.3. The summed E-state index contributed by atoms with van der Waals surface area (Å²) in [5, 5.41) is 3.22. The van der Waals surface area contributed by atoms with Gasteiger partial charge in [-0.15, -0.1) is 0 Å². The maximum Gasteiger partial charge on any atom is 0.213 e. The van der Waals surface area contributed by atoms with Gasteiger partial charge in [0.1, 0.15) is 0 Å². The Morgan fingerprint density at radius 3 is 2.56 bits per heavy atom. The van der Waals surface area contributed by atoms with Crippen molar-refractivity contribution in [2.75, 3.05) is 18.8 Å². The van der Waals surface area contributed by atoms with Crippen LogP contribution < -0.4 is 10.0 Å². The van der Waals surface area contributed by atoms with Crippen LogP contribution in [0.25, 0.3) is 0 Å². The zero-order valence-corrected chi connectivity index (χ0v) is 10.6. The fraction of sp³-hybridized carbons (Fsp3) is 1.00. The number of nitrogens with one attached hydrogen (secondary N) is 2. The molecular weight excluding hydrogens is 224 g/mol. The number of hydrogen-bond acceptors (Lipinski definition) is 3. The molecule has 1 saturated carbocycles. The van der Waals surface area contributed by atoms with Crippen LogP contribution in [0, 0.1) is 5.92 Å². The van der Waals surface area contributed by atoms with Crippen molar-refractivity contribution < 1.29 is 8.42 Å². The Morgan fingerprint density at radius 1 is 1.19 bits per heavy atom. The maximum absolute atomic E-state index is 11.7. The molecule has 0 bridgehead atoms. The second kappa shape index (κ2) is 5.47. The molecule has 1 atom stereocenters. The SMILES string of the molecule is O=S(=O)(CC1CCCN1)NCCC1CCC1. The fourth-order valence-corrected chi connectivity index (χ4v) is 3.78. The summed E-state index contributed by atoms with van der Waals surface area (Å²) in [5.41, 5.74) is 0. The van der Waals surface area contributed by atoms with Gasteiger partial charge in [-0.2, -0.15) is 0 Å². The van der Waals surface area contributed by atoms with Crippen molar-refractivity contribution in [1.82, 2.24) is 10.0 Å². The molecule has 16 heavy (non-hydrogen) atoms. The largest absolute Gasteiger partial charge is 0.313 e. The van der Waals surface area contributed by atoms with Crippen molar-refractivity contribution in [3.8, 4) is 0 Å². The van der Waals surface area contributed by atoms with Gasteiger partial charge < -0.3 is 5.32 Å². The lowest BCUT2D eigenvalue weighted by Crippen LogP contribution is -2.37. The van der Waals surface area contributed by atoms with Crippen LogP contribution in [-0.2, 0) is 10.0 Å². The molecule has 1 unspecified atom stereocenters. The third-order valence-electron chi connectivity index (χ3n) is 3.68.